The first-order chi connectivity index (χ1) is 14.6. The number of esters is 1. The summed E-state index contributed by atoms with van der Waals surface area (Å²) in [5.74, 6) is 0.926. The summed E-state index contributed by atoms with van der Waals surface area (Å²) >= 11 is 0. The highest BCUT2D eigenvalue weighted by molar-refractivity contribution is 6.07. The number of rotatable bonds is 4. The molecule has 0 radical (unpaired) electrons. The standard InChI is InChI=1S/C24H21NO5/c1-3-29-24(27)17-12-13-20-19(14-17)25(23(26)16-8-5-4-6-9-16)15-18-10-7-11-21(28-2)22(18)30-20/h4-14H,3,15H2,1-2H3. The molecular weight excluding hydrogens is 382 g/mol. The van der Waals surface area contributed by atoms with Crippen LogP contribution in [0, 0.1) is 0 Å². The van der Waals surface area contributed by atoms with Gasteiger partial charge in [-0.15, -0.1) is 0 Å². The largest absolute Gasteiger partial charge is 0.493 e. The average Bonchev–Trinajstić information content (AvgIpc) is 2.95. The van der Waals surface area contributed by atoms with E-state index >= 15 is 0 Å². The molecule has 6 heteroatoms. The van der Waals surface area contributed by atoms with Crippen molar-refractivity contribution in [2.75, 3.05) is 18.6 Å². The van der Waals surface area contributed by atoms with Gasteiger partial charge in [0.15, 0.2) is 17.2 Å². The molecule has 1 heterocycles. The lowest BCUT2D eigenvalue weighted by molar-refractivity contribution is 0.0526. The van der Waals surface area contributed by atoms with Crippen LogP contribution in [0.15, 0.2) is 66.7 Å². The van der Waals surface area contributed by atoms with Gasteiger partial charge in [0.2, 0.25) is 0 Å². The van der Waals surface area contributed by atoms with Gasteiger partial charge in [-0.25, -0.2) is 4.79 Å². The first kappa shape index (κ1) is 19.5. The molecule has 4 rings (SSSR count). The van der Waals surface area contributed by atoms with Gasteiger partial charge in [0.1, 0.15) is 0 Å². The van der Waals surface area contributed by atoms with Gasteiger partial charge in [-0.2, -0.15) is 0 Å². The zero-order valence-corrected chi connectivity index (χ0v) is 16.8. The Labute approximate surface area is 174 Å². The van der Waals surface area contributed by atoms with Gasteiger partial charge < -0.3 is 19.1 Å². The number of fused-ring (bicyclic) bond motifs is 2. The number of hydrogen-bond donors (Lipinski definition) is 0. The maximum atomic E-state index is 13.4. The van der Waals surface area contributed by atoms with Crippen LogP contribution in [0.25, 0.3) is 0 Å². The molecule has 1 aliphatic rings. The first-order valence-corrected chi connectivity index (χ1v) is 9.64. The first-order valence-electron chi connectivity index (χ1n) is 9.64. The van der Waals surface area contributed by atoms with E-state index in [0.717, 1.165) is 5.56 Å². The fourth-order valence-electron chi connectivity index (χ4n) is 3.40. The molecule has 0 fully saturated rings. The Balaban J connectivity index is 1.86. The third-order valence-corrected chi connectivity index (χ3v) is 4.85. The van der Waals surface area contributed by atoms with Gasteiger partial charge in [0.05, 0.1) is 31.5 Å². The van der Waals surface area contributed by atoms with Gasteiger partial charge in [-0.1, -0.05) is 30.3 Å². The molecule has 3 aromatic rings. The Morgan fingerprint density at radius 1 is 1.00 bits per heavy atom. The SMILES string of the molecule is CCOC(=O)c1ccc2c(c1)N(C(=O)c1ccccc1)Cc1cccc(OC)c1O2. The summed E-state index contributed by atoms with van der Waals surface area (Å²) in [6.07, 6.45) is 0. The molecule has 0 atom stereocenters. The molecule has 0 unspecified atom stereocenters. The van der Waals surface area contributed by atoms with Crippen LogP contribution in [0.5, 0.6) is 17.2 Å². The summed E-state index contributed by atoms with van der Waals surface area (Å²) in [6.45, 7) is 2.28. The summed E-state index contributed by atoms with van der Waals surface area (Å²) in [4.78, 5) is 27.3. The van der Waals surface area contributed by atoms with E-state index in [9.17, 15) is 9.59 Å². The van der Waals surface area contributed by atoms with E-state index in [2.05, 4.69) is 0 Å². The van der Waals surface area contributed by atoms with Crippen LogP contribution in [0.2, 0.25) is 0 Å². The van der Waals surface area contributed by atoms with Gasteiger partial charge in [0, 0.05) is 11.1 Å². The molecule has 0 spiro atoms. The molecule has 0 saturated heterocycles. The monoisotopic (exact) mass is 403 g/mol. The van der Waals surface area contributed by atoms with Crippen LogP contribution in [0.4, 0.5) is 5.69 Å². The smallest absolute Gasteiger partial charge is 0.338 e. The Hall–Kier alpha value is -3.80. The molecule has 0 aliphatic carbocycles. The Morgan fingerprint density at radius 3 is 2.53 bits per heavy atom. The number of methoxy groups -OCH3 is 1. The second kappa shape index (κ2) is 8.29. The van der Waals surface area contributed by atoms with Crippen LogP contribution < -0.4 is 14.4 Å². The number of amides is 1. The molecule has 3 aromatic carbocycles. The molecule has 1 amide bonds. The number of benzene rings is 3. The van der Waals surface area contributed by atoms with Gasteiger partial charge in [-0.05, 0) is 43.3 Å². The molecule has 0 saturated carbocycles. The number of anilines is 1. The Kier molecular flexibility index (Phi) is 5.39. The minimum absolute atomic E-state index is 0.197. The minimum Gasteiger partial charge on any atom is -0.493 e. The number of carbonyl (C=O) groups excluding carboxylic acids is 2. The van der Waals surface area contributed by atoms with Crippen LogP contribution in [0.3, 0.4) is 0 Å². The molecular formula is C24H21NO5. The zero-order valence-electron chi connectivity index (χ0n) is 16.8. The van der Waals surface area contributed by atoms with Crippen molar-refractivity contribution in [2.45, 2.75) is 13.5 Å². The number of nitrogens with zero attached hydrogens (tertiary/aromatic N) is 1. The number of carbonyl (C=O) groups is 2. The number of para-hydroxylation sites is 1. The third-order valence-electron chi connectivity index (χ3n) is 4.85. The van der Waals surface area contributed by atoms with Gasteiger partial charge >= 0.3 is 5.97 Å². The van der Waals surface area contributed by atoms with Crippen LogP contribution in [-0.4, -0.2) is 25.6 Å². The van der Waals surface area contributed by atoms with E-state index in [1.807, 2.05) is 30.3 Å². The van der Waals surface area contributed by atoms with Crippen molar-refractivity contribution in [3.05, 3.63) is 83.4 Å². The topological polar surface area (TPSA) is 65.1 Å². The van der Waals surface area contributed by atoms with E-state index in [0.29, 0.717) is 34.1 Å². The van der Waals surface area contributed by atoms with Crippen molar-refractivity contribution in [1.82, 2.24) is 0 Å². The van der Waals surface area contributed by atoms with Crippen molar-refractivity contribution in [2.24, 2.45) is 0 Å². The molecule has 6 nitrogen and oxygen atoms in total. The van der Waals surface area contributed by atoms with Crippen molar-refractivity contribution in [3.8, 4) is 17.2 Å². The molecule has 0 aromatic heterocycles. The zero-order chi connectivity index (χ0) is 21.1. The predicted octanol–water partition coefficient (Wildman–Crippen LogP) is 4.82. The van der Waals surface area contributed by atoms with E-state index in [1.165, 1.54) is 0 Å². The lowest BCUT2D eigenvalue weighted by Gasteiger charge is -2.22. The van der Waals surface area contributed by atoms with Crippen molar-refractivity contribution < 1.29 is 23.8 Å². The maximum Gasteiger partial charge on any atom is 0.338 e. The fraction of sp³-hybridized carbons (Fsp3) is 0.167. The lowest BCUT2D eigenvalue weighted by Crippen LogP contribution is -2.30. The molecule has 1 aliphatic heterocycles. The highest BCUT2D eigenvalue weighted by atomic mass is 16.5. The van der Waals surface area contributed by atoms with E-state index < -0.39 is 5.97 Å². The van der Waals surface area contributed by atoms with Crippen molar-refractivity contribution in [1.29, 1.82) is 0 Å². The van der Waals surface area contributed by atoms with Crippen LogP contribution >= 0.6 is 0 Å². The summed E-state index contributed by atoms with van der Waals surface area (Å²) < 4.78 is 16.7. The van der Waals surface area contributed by atoms with Gasteiger partial charge in [0.25, 0.3) is 5.91 Å². The fourth-order valence-corrected chi connectivity index (χ4v) is 3.40. The van der Waals surface area contributed by atoms with E-state index in [-0.39, 0.29) is 19.1 Å². The highest BCUT2D eigenvalue weighted by Crippen LogP contribution is 2.44. The Morgan fingerprint density at radius 2 is 1.80 bits per heavy atom. The predicted molar refractivity (Wildman–Crippen MR) is 112 cm³/mol. The van der Waals surface area contributed by atoms with E-state index in [4.69, 9.17) is 14.2 Å². The summed E-state index contributed by atoms with van der Waals surface area (Å²) in [5.41, 5.74) is 2.18. The summed E-state index contributed by atoms with van der Waals surface area (Å²) in [6, 6.07) is 19.5. The quantitative estimate of drug-likeness (QED) is 0.584. The molecule has 0 bridgehead atoms. The van der Waals surface area contributed by atoms with Crippen molar-refractivity contribution >= 4 is 17.6 Å². The lowest BCUT2D eigenvalue weighted by atomic mass is 10.1. The van der Waals surface area contributed by atoms with Crippen LogP contribution in [0.1, 0.15) is 33.2 Å². The average molecular weight is 403 g/mol. The number of ether oxygens (including phenoxy) is 3. The number of hydrogen-bond acceptors (Lipinski definition) is 5. The van der Waals surface area contributed by atoms with E-state index in [1.54, 1.807) is 55.3 Å². The molecule has 30 heavy (non-hydrogen) atoms. The second-order valence-electron chi connectivity index (χ2n) is 6.71. The minimum atomic E-state index is -0.452. The van der Waals surface area contributed by atoms with Crippen LogP contribution in [-0.2, 0) is 11.3 Å². The summed E-state index contributed by atoms with van der Waals surface area (Å²) in [5, 5.41) is 0. The maximum absolute atomic E-state index is 13.4. The summed E-state index contributed by atoms with van der Waals surface area (Å²) in [7, 11) is 1.57. The molecule has 0 N–H and O–H groups in total. The van der Waals surface area contributed by atoms with Crippen molar-refractivity contribution in [3.63, 3.8) is 0 Å². The third kappa shape index (κ3) is 3.59. The Bertz CT molecular complexity index is 1090. The normalized spacial score (nSPS) is 12.1. The second-order valence-corrected chi connectivity index (χ2v) is 6.71. The van der Waals surface area contributed by atoms with Gasteiger partial charge in [-0.3, -0.25) is 4.79 Å². The molecule has 152 valence electrons. The highest BCUT2D eigenvalue weighted by Gasteiger charge is 2.29.